The molecular weight excluding hydrogens is 338 g/mol. The van der Waals surface area contributed by atoms with Crippen LogP contribution in [0.25, 0.3) is 16.6 Å². The van der Waals surface area contributed by atoms with Gasteiger partial charge in [0.05, 0.1) is 23.7 Å². The maximum Gasteiger partial charge on any atom is 0.343 e. The molecule has 0 spiro atoms. The molecule has 4 aromatic rings. The molecule has 0 saturated carbocycles. The molecule has 4 aromatic heterocycles. The maximum absolute atomic E-state index is 13.0. The minimum Gasteiger partial charge on any atom is -0.465 e. The third kappa shape index (κ3) is 2.05. The van der Waals surface area contributed by atoms with Crippen molar-refractivity contribution in [3.63, 3.8) is 0 Å². The molecule has 0 unspecified atom stereocenters. The van der Waals surface area contributed by atoms with Gasteiger partial charge in [-0.2, -0.15) is 5.10 Å². The minimum atomic E-state index is -0.520. The lowest BCUT2D eigenvalue weighted by Crippen LogP contribution is -2.28. The van der Waals surface area contributed by atoms with E-state index in [1.807, 2.05) is 0 Å². The van der Waals surface area contributed by atoms with Gasteiger partial charge in [-0.15, -0.1) is 10.2 Å². The van der Waals surface area contributed by atoms with Crippen molar-refractivity contribution in [3.05, 3.63) is 51.7 Å². The first-order chi connectivity index (χ1) is 12.4. The van der Waals surface area contributed by atoms with Gasteiger partial charge in [-0.05, 0) is 26.8 Å². The summed E-state index contributed by atoms with van der Waals surface area (Å²) in [7, 11) is 1.30. The number of rotatable bonds is 2. The second kappa shape index (κ2) is 5.48. The van der Waals surface area contributed by atoms with E-state index >= 15 is 0 Å². The average Bonchev–Trinajstić information content (AvgIpc) is 3.13. The summed E-state index contributed by atoms with van der Waals surface area (Å²) >= 11 is 0. The molecule has 0 aliphatic carbocycles. The Morgan fingerprint density at radius 2 is 1.85 bits per heavy atom. The largest absolute Gasteiger partial charge is 0.465 e. The number of pyridine rings is 1. The lowest BCUT2D eigenvalue weighted by Gasteiger charge is -2.11. The third-order valence-corrected chi connectivity index (χ3v) is 4.23. The van der Waals surface area contributed by atoms with Crippen LogP contribution in [0.4, 0.5) is 0 Å². The molecule has 0 radical (unpaired) electrons. The summed E-state index contributed by atoms with van der Waals surface area (Å²) in [4.78, 5) is 29.2. The van der Waals surface area contributed by atoms with Crippen molar-refractivity contribution in [2.24, 2.45) is 0 Å². The van der Waals surface area contributed by atoms with Crippen LogP contribution < -0.4 is 5.56 Å². The number of esters is 1. The number of methoxy groups -OCH3 is 1. The van der Waals surface area contributed by atoms with Crippen LogP contribution in [-0.4, -0.2) is 47.2 Å². The topological polar surface area (TPSA) is 109 Å². The van der Waals surface area contributed by atoms with Gasteiger partial charge < -0.3 is 4.74 Å². The summed E-state index contributed by atoms with van der Waals surface area (Å²) in [5.74, 6) is 0.648. The molecule has 10 nitrogen and oxygen atoms in total. The van der Waals surface area contributed by atoms with E-state index in [-0.39, 0.29) is 11.1 Å². The van der Waals surface area contributed by atoms with Crippen molar-refractivity contribution in [1.82, 2.24) is 34.1 Å². The zero-order chi connectivity index (χ0) is 18.6. The molecule has 0 aliphatic rings. The van der Waals surface area contributed by atoms with Crippen LogP contribution in [0.15, 0.2) is 23.3 Å². The molecule has 0 amide bonds. The maximum atomic E-state index is 13.0. The molecule has 0 aromatic carbocycles. The van der Waals surface area contributed by atoms with Gasteiger partial charge in [-0.3, -0.25) is 4.79 Å². The van der Waals surface area contributed by atoms with Crippen LogP contribution >= 0.6 is 0 Å². The van der Waals surface area contributed by atoms with Gasteiger partial charge in [0, 0.05) is 12.4 Å². The Morgan fingerprint density at radius 1 is 1.15 bits per heavy atom. The molecule has 4 rings (SSSR count). The van der Waals surface area contributed by atoms with Crippen LogP contribution in [0.2, 0.25) is 0 Å². The lowest BCUT2D eigenvalue weighted by atomic mass is 10.2. The highest BCUT2D eigenvalue weighted by atomic mass is 16.5. The van der Waals surface area contributed by atoms with Crippen LogP contribution in [0.1, 0.15) is 27.7 Å². The Hall–Kier alpha value is -3.56. The van der Waals surface area contributed by atoms with Gasteiger partial charge in [0.2, 0.25) is 0 Å². The number of nitrogens with zero attached hydrogens (tertiary/aromatic N) is 7. The number of hydrogen-bond donors (Lipinski definition) is 0. The number of fused-ring (bicyclic) bond motifs is 3. The van der Waals surface area contributed by atoms with Gasteiger partial charge in [0.1, 0.15) is 17.2 Å². The van der Waals surface area contributed by atoms with Crippen LogP contribution in [-0.2, 0) is 4.74 Å². The van der Waals surface area contributed by atoms with E-state index in [2.05, 4.69) is 20.3 Å². The van der Waals surface area contributed by atoms with Crippen molar-refractivity contribution in [1.29, 1.82) is 0 Å². The highest BCUT2D eigenvalue weighted by Gasteiger charge is 2.21. The van der Waals surface area contributed by atoms with Crippen molar-refractivity contribution in [3.8, 4) is 0 Å². The van der Waals surface area contributed by atoms with Crippen LogP contribution in [0.5, 0.6) is 0 Å². The zero-order valence-corrected chi connectivity index (χ0v) is 14.6. The molecule has 0 saturated heterocycles. The highest BCUT2D eigenvalue weighted by molar-refractivity contribution is 5.98. The fourth-order valence-corrected chi connectivity index (χ4v) is 3.04. The van der Waals surface area contributed by atoms with E-state index < -0.39 is 5.97 Å². The Balaban J connectivity index is 2.05. The average molecular weight is 353 g/mol. The van der Waals surface area contributed by atoms with E-state index in [9.17, 15) is 9.59 Å². The zero-order valence-electron chi connectivity index (χ0n) is 14.6. The van der Waals surface area contributed by atoms with E-state index in [1.165, 1.54) is 22.5 Å². The van der Waals surface area contributed by atoms with Crippen molar-refractivity contribution in [2.75, 3.05) is 7.11 Å². The smallest absolute Gasteiger partial charge is 0.343 e. The molecule has 0 bridgehead atoms. The number of hydrogen-bond acceptors (Lipinski definition) is 7. The fraction of sp³-hybridized carbons (Fsp3) is 0.250. The number of aromatic nitrogens is 7. The first-order valence-electron chi connectivity index (χ1n) is 7.81. The van der Waals surface area contributed by atoms with E-state index in [0.717, 1.165) is 0 Å². The van der Waals surface area contributed by atoms with E-state index in [1.54, 1.807) is 37.7 Å². The molecule has 0 fully saturated rings. The second-order valence-electron chi connectivity index (χ2n) is 5.82. The van der Waals surface area contributed by atoms with Crippen molar-refractivity contribution in [2.45, 2.75) is 20.8 Å². The molecule has 0 aliphatic heterocycles. The standard InChI is InChI=1S/C16H15N7O3/c1-8-13(16(25)26-4)14-17-7-11-12(22(14)20-8)5-6-21(15(11)24)23-9(2)18-19-10(23)3/h5-7H,1-4H3. The van der Waals surface area contributed by atoms with Gasteiger partial charge >= 0.3 is 5.97 Å². The molecule has 132 valence electrons. The third-order valence-electron chi connectivity index (χ3n) is 4.23. The molecule has 10 heteroatoms. The quantitative estimate of drug-likeness (QED) is 0.487. The summed E-state index contributed by atoms with van der Waals surface area (Å²) < 4.78 is 9.31. The van der Waals surface area contributed by atoms with Crippen molar-refractivity contribution < 1.29 is 9.53 Å². The molecule has 0 atom stereocenters. The Kier molecular flexibility index (Phi) is 3.36. The number of carbonyl (C=O) groups excluding carboxylic acids is 1. The van der Waals surface area contributed by atoms with Gasteiger partial charge in [-0.25, -0.2) is 23.6 Å². The summed E-state index contributed by atoms with van der Waals surface area (Å²) in [6, 6.07) is 1.73. The van der Waals surface area contributed by atoms with Gasteiger partial charge in [0.15, 0.2) is 5.65 Å². The van der Waals surface area contributed by atoms with Gasteiger partial charge in [0.25, 0.3) is 5.56 Å². The molecule has 26 heavy (non-hydrogen) atoms. The fourth-order valence-electron chi connectivity index (χ4n) is 3.04. The summed E-state index contributed by atoms with van der Waals surface area (Å²) in [6.07, 6.45) is 3.05. The minimum absolute atomic E-state index is 0.282. The summed E-state index contributed by atoms with van der Waals surface area (Å²) in [6.45, 7) is 5.22. The second-order valence-corrected chi connectivity index (χ2v) is 5.82. The van der Waals surface area contributed by atoms with Crippen molar-refractivity contribution >= 4 is 22.5 Å². The molecular formula is C16H15N7O3. The van der Waals surface area contributed by atoms with E-state index in [0.29, 0.717) is 33.9 Å². The first kappa shape index (κ1) is 15.9. The normalized spacial score (nSPS) is 11.4. The summed E-state index contributed by atoms with van der Waals surface area (Å²) in [5, 5.41) is 12.7. The molecule has 0 N–H and O–H groups in total. The number of carbonyl (C=O) groups is 1. The Bertz CT molecular complexity index is 1230. The van der Waals surface area contributed by atoms with Crippen LogP contribution in [0.3, 0.4) is 0 Å². The molecule has 4 heterocycles. The predicted molar refractivity (Wildman–Crippen MR) is 91.1 cm³/mol. The number of ether oxygens (including phenoxy) is 1. The first-order valence-corrected chi connectivity index (χ1v) is 7.81. The van der Waals surface area contributed by atoms with E-state index in [4.69, 9.17) is 4.74 Å². The number of aryl methyl sites for hydroxylation is 3. The Labute approximate surface area is 146 Å². The monoisotopic (exact) mass is 353 g/mol. The SMILES string of the molecule is COC(=O)c1c(C)nn2c1ncc1c(=O)n(-n3c(C)nnc3C)ccc12. The highest BCUT2D eigenvalue weighted by Crippen LogP contribution is 2.19. The Morgan fingerprint density at radius 3 is 2.50 bits per heavy atom. The summed E-state index contributed by atoms with van der Waals surface area (Å²) in [5.41, 5.74) is 1.35. The van der Waals surface area contributed by atoms with Crippen LogP contribution in [0, 0.1) is 20.8 Å². The van der Waals surface area contributed by atoms with Gasteiger partial charge in [-0.1, -0.05) is 0 Å². The predicted octanol–water partition coefficient (Wildman–Crippen LogP) is 0.659. The lowest BCUT2D eigenvalue weighted by molar-refractivity contribution is 0.0602.